The molecule has 0 radical (unpaired) electrons. The monoisotopic (exact) mass is 434 g/mol. The van der Waals surface area contributed by atoms with Crippen LogP contribution >= 0.6 is 0 Å². The molecular formula is C22H30N2O5S. The SMILES string of the molecule is CC(=O)N(C)C[C@H]1Oc2cc(C#CC3CC3)ccc2S(=O)(=O)N([C@@H](C)CO)C[C@@H]1C. The lowest BCUT2D eigenvalue weighted by atomic mass is 10.0. The van der Waals surface area contributed by atoms with Crippen molar-refractivity contribution >= 4 is 15.9 Å². The summed E-state index contributed by atoms with van der Waals surface area (Å²) in [5.74, 6) is 6.65. The number of fused-ring (bicyclic) bond motifs is 1. The molecule has 0 spiro atoms. The maximum absolute atomic E-state index is 13.4. The Morgan fingerprint density at radius 3 is 2.70 bits per heavy atom. The zero-order valence-corrected chi connectivity index (χ0v) is 18.8. The van der Waals surface area contributed by atoms with Gasteiger partial charge < -0.3 is 14.7 Å². The Balaban J connectivity index is 2.06. The van der Waals surface area contributed by atoms with E-state index in [9.17, 15) is 18.3 Å². The molecule has 0 saturated heterocycles. The molecule has 0 aromatic heterocycles. The van der Waals surface area contributed by atoms with Crippen LogP contribution in [0.25, 0.3) is 0 Å². The van der Waals surface area contributed by atoms with Crippen LogP contribution in [0.3, 0.4) is 0 Å². The fourth-order valence-electron chi connectivity index (χ4n) is 3.33. The maximum Gasteiger partial charge on any atom is 0.247 e. The average Bonchev–Trinajstić information content (AvgIpc) is 3.52. The quantitative estimate of drug-likeness (QED) is 0.729. The minimum atomic E-state index is -3.87. The van der Waals surface area contributed by atoms with Gasteiger partial charge in [-0.3, -0.25) is 4.79 Å². The summed E-state index contributed by atoms with van der Waals surface area (Å²) in [4.78, 5) is 13.4. The summed E-state index contributed by atoms with van der Waals surface area (Å²) < 4.78 is 34.3. The van der Waals surface area contributed by atoms with Crippen molar-refractivity contribution < 1.29 is 23.1 Å². The van der Waals surface area contributed by atoms with Crippen molar-refractivity contribution in [3.8, 4) is 17.6 Å². The van der Waals surface area contributed by atoms with Crippen molar-refractivity contribution in [2.75, 3.05) is 26.7 Å². The number of aliphatic hydroxyl groups is 1. The minimum Gasteiger partial charge on any atom is -0.487 e. The summed E-state index contributed by atoms with van der Waals surface area (Å²) >= 11 is 0. The molecule has 7 nitrogen and oxygen atoms in total. The third kappa shape index (κ3) is 4.97. The molecule has 2 aliphatic rings. The highest BCUT2D eigenvalue weighted by atomic mass is 32.2. The van der Waals surface area contributed by atoms with Gasteiger partial charge in [-0.25, -0.2) is 8.42 Å². The fourth-order valence-corrected chi connectivity index (χ4v) is 5.16. The summed E-state index contributed by atoms with van der Waals surface area (Å²) in [6.07, 6.45) is 1.80. The van der Waals surface area contributed by atoms with E-state index in [1.807, 2.05) is 6.92 Å². The normalized spacial score (nSPS) is 24.3. The van der Waals surface area contributed by atoms with Crippen molar-refractivity contribution in [1.82, 2.24) is 9.21 Å². The molecule has 30 heavy (non-hydrogen) atoms. The predicted molar refractivity (Wildman–Crippen MR) is 113 cm³/mol. The molecule has 8 heteroatoms. The molecule has 1 aliphatic heterocycles. The number of carbonyl (C=O) groups is 1. The first-order valence-electron chi connectivity index (χ1n) is 10.3. The van der Waals surface area contributed by atoms with Gasteiger partial charge in [-0.2, -0.15) is 4.31 Å². The summed E-state index contributed by atoms with van der Waals surface area (Å²) in [5.41, 5.74) is 0.699. The van der Waals surface area contributed by atoms with Crippen LogP contribution in [0.1, 0.15) is 39.2 Å². The Morgan fingerprint density at radius 1 is 1.40 bits per heavy atom. The smallest absolute Gasteiger partial charge is 0.247 e. The topological polar surface area (TPSA) is 87.2 Å². The number of rotatable bonds is 4. The van der Waals surface area contributed by atoms with Gasteiger partial charge in [-0.1, -0.05) is 18.8 Å². The summed E-state index contributed by atoms with van der Waals surface area (Å²) in [6, 6.07) is 4.31. The van der Waals surface area contributed by atoms with Crippen molar-refractivity contribution in [2.45, 2.75) is 50.7 Å². The Morgan fingerprint density at radius 2 is 2.10 bits per heavy atom. The first kappa shape index (κ1) is 22.6. The predicted octanol–water partition coefficient (Wildman–Crippen LogP) is 1.70. The molecule has 1 saturated carbocycles. The third-order valence-corrected chi connectivity index (χ3v) is 7.68. The van der Waals surface area contributed by atoms with Gasteiger partial charge in [0.15, 0.2) is 0 Å². The Bertz CT molecular complexity index is 961. The minimum absolute atomic E-state index is 0.0575. The van der Waals surface area contributed by atoms with E-state index in [0.717, 1.165) is 12.8 Å². The molecule has 1 aromatic carbocycles. The molecule has 3 rings (SSSR count). The van der Waals surface area contributed by atoms with Gasteiger partial charge in [-0.05, 0) is 38.0 Å². The second-order valence-corrected chi connectivity index (χ2v) is 10.2. The average molecular weight is 435 g/mol. The first-order chi connectivity index (χ1) is 14.1. The van der Waals surface area contributed by atoms with E-state index in [-0.39, 0.29) is 35.6 Å². The lowest BCUT2D eigenvalue weighted by Crippen LogP contribution is -2.50. The van der Waals surface area contributed by atoms with E-state index in [0.29, 0.717) is 18.0 Å². The summed E-state index contributed by atoms with van der Waals surface area (Å²) in [6.45, 7) is 5.28. The van der Waals surface area contributed by atoms with Gasteiger partial charge in [0.1, 0.15) is 16.7 Å². The molecule has 1 aromatic rings. The molecule has 0 unspecified atom stereocenters. The lowest BCUT2D eigenvalue weighted by molar-refractivity contribution is -0.129. The Hall–Kier alpha value is -2.08. The maximum atomic E-state index is 13.4. The van der Waals surface area contributed by atoms with Crippen molar-refractivity contribution in [3.05, 3.63) is 23.8 Å². The number of hydrogen-bond acceptors (Lipinski definition) is 5. The van der Waals surface area contributed by atoms with E-state index >= 15 is 0 Å². The number of sulfonamides is 1. The fraction of sp³-hybridized carbons (Fsp3) is 0.591. The molecule has 1 amide bonds. The number of benzene rings is 1. The van der Waals surface area contributed by atoms with Crippen LogP contribution in [0, 0.1) is 23.7 Å². The Kier molecular flexibility index (Phi) is 6.75. The number of nitrogens with zero attached hydrogens (tertiary/aromatic N) is 2. The number of hydrogen-bond donors (Lipinski definition) is 1. The molecule has 1 aliphatic carbocycles. The van der Waals surface area contributed by atoms with Crippen molar-refractivity contribution in [2.24, 2.45) is 11.8 Å². The summed E-state index contributed by atoms with van der Waals surface area (Å²) in [7, 11) is -2.18. The van der Waals surface area contributed by atoms with Crippen LogP contribution in [-0.2, 0) is 14.8 Å². The number of ether oxygens (including phenoxy) is 1. The van der Waals surface area contributed by atoms with Crippen LogP contribution in [0.2, 0.25) is 0 Å². The number of carbonyl (C=O) groups excluding carboxylic acids is 1. The highest BCUT2D eigenvalue weighted by Crippen LogP contribution is 2.34. The second-order valence-electron chi connectivity index (χ2n) is 8.34. The molecular weight excluding hydrogens is 404 g/mol. The van der Waals surface area contributed by atoms with Crippen LogP contribution < -0.4 is 4.74 Å². The first-order valence-corrected chi connectivity index (χ1v) is 11.7. The molecule has 3 atom stereocenters. The highest BCUT2D eigenvalue weighted by Gasteiger charge is 2.38. The largest absolute Gasteiger partial charge is 0.487 e. The van der Waals surface area contributed by atoms with Crippen LogP contribution in [0.5, 0.6) is 5.75 Å². The van der Waals surface area contributed by atoms with Gasteiger partial charge in [0.25, 0.3) is 0 Å². The van der Waals surface area contributed by atoms with E-state index in [1.54, 1.807) is 31.0 Å². The van der Waals surface area contributed by atoms with E-state index < -0.39 is 22.2 Å². The Labute approximate surface area is 179 Å². The zero-order valence-electron chi connectivity index (χ0n) is 18.0. The molecule has 1 N–H and O–H groups in total. The second kappa shape index (κ2) is 8.96. The molecule has 1 heterocycles. The number of aliphatic hydroxyl groups excluding tert-OH is 1. The molecule has 1 fully saturated rings. The molecule has 164 valence electrons. The van der Waals surface area contributed by atoms with Crippen molar-refractivity contribution in [1.29, 1.82) is 0 Å². The lowest BCUT2D eigenvalue weighted by Gasteiger charge is -2.37. The molecule has 0 bridgehead atoms. The van der Waals surface area contributed by atoms with E-state index in [1.165, 1.54) is 17.3 Å². The van der Waals surface area contributed by atoms with Gasteiger partial charge in [-0.15, -0.1) is 0 Å². The van der Waals surface area contributed by atoms with Gasteiger partial charge in [0, 0.05) is 44.0 Å². The summed E-state index contributed by atoms with van der Waals surface area (Å²) in [5, 5.41) is 9.66. The number of likely N-dealkylation sites (N-methyl/N-ethyl adjacent to an activating group) is 1. The van der Waals surface area contributed by atoms with Gasteiger partial charge in [0.05, 0.1) is 13.2 Å². The van der Waals surface area contributed by atoms with Crippen LogP contribution in [0.4, 0.5) is 0 Å². The van der Waals surface area contributed by atoms with Gasteiger partial charge >= 0.3 is 0 Å². The highest BCUT2D eigenvalue weighted by molar-refractivity contribution is 7.89. The standard InChI is InChI=1S/C22H30N2O5S/c1-15-12-24(16(2)14-25)30(27,28)22-10-9-19(8-7-18-5-6-18)11-20(22)29-21(15)13-23(4)17(3)26/h9-11,15-16,18,21,25H,5-6,12-14H2,1-4H3/t15-,16-,21+/m0/s1. The zero-order chi connectivity index (χ0) is 22.1. The van der Waals surface area contributed by atoms with E-state index in [2.05, 4.69) is 11.8 Å². The van der Waals surface area contributed by atoms with Crippen molar-refractivity contribution in [3.63, 3.8) is 0 Å². The third-order valence-electron chi connectivity index (χ3n) is 5.66. The number of amides is 1. The van der Waals surface area contributed by atoms with Crippen LogP contribution in [0.15, 0.2) is 23.1 Å². The van der Waals surface area contributed by atoms with Gasteiger partial charge in [0.2, 0.25) is 15.9 Å². The van der Waals surface area contributed by atoms with E-state index in [4.69, 9.17) is 4.74 Å². The van der Waals surface area contributed by atoms with Crippen LogP contribution in [-0.4, -0.2) is 67.5 Å².